The van der Waals surface area contributed by atoms with Crippen LogP contribution in [0.15, 0.2) is 119 Å². The second kappa shape index (κ2) is 23.7. The number of cyclic esters (lactones) is 2. The zero-order valence-electron chi connectivity index (χ0n) is 41.6. The quantitative estimate of drug-likeness (QED) is 0.0654. The molecule has 6 rings (SSSR count). The van der Waals surface area contributed by atoms with Crippen molar-refractivity contribution in [2.45, 2.75) is 117 Å². The van der Waals surface area contributed by atoms with E-state index in [0.717, 1.165) is 48.2 Å². The third kappa shape index (κ3) is 14.3. The normalized spacial score (nSPS) is 24.3. The fourth-order valence-electron chi connectivity index (χ4n) is 8.68. The van der Waals surface area contributed by atoms with Crippen LogP contribution in [-0.4, -0.2) is 95.1 Å². The molecule has 0 aromatic heterocycles. The lowest BCUT2D eigenvalue weighted by atomic mass is 9.69. The van der Waals surface area contributed by atoms with Crippen molar-refractivity contribution in [2.24, 2.45) is 10.8 Å². The molecule has 12 nitrogen and oxygen atoms in total. The summed E-state index contributed by atoms with van der Waals surface area (Å²) in [6.45, 7) is 12.2. The number of ketones is 2. The first-order chi connectivity index (χ1) is 31.5. The number of nitrogens with zero attached hydrogens (tertiary/aromatic N) is 2. The lowest BCUT2D eigenvalue weighted by molar-refractivity contribution is -0.141. The van der Waals surface area contributed by atoms with Crippen molar-refractivity contribution in [1.29, 1.82) is 0 Å². The van der Waals surface area contributed by atoms with Crippen LogP contribution in [0, 0.1) is 10.8 Å². The van der Waals surface area contributed by atoms with Gasteiger partial charge >= 0.3 is 23.9 Å². The SMILES string of the molecule is CC(C)=CCC/C(C)=C/[C@H]1OC(=O)CC12C[C@H](OC(=O)c1ccc(N(C)C)cc1)C=CC2=O.CC(C)=CCC/C(C)=C/[C@H]1OC(=O)CC12C[C@H](OC(=O)c1ccc([N+](C)(C)C)cc1)C=CC2=O.[I-]. The van der Waals surface area contributed by atoms with Crippen molar-refractivity contribution < 1.29 is 71.7 Å². The number of hydrogen-bond donors (Lipinski definition) is 0. The predicted octanol–water partition coefficient (Wildman–Crippen LogP) is 6.74. The van der Waals surface area contributed by atoms with Crippen LogP contribution < -0.4 is 33.4 Å². The van der Waals surface area contributed by atoms with E-state index in [4.69, 9.17) is 18.9 Å². The van der Waals surface area contributed by atoms with E-state index in [1.165, 1.54) is 23.3 Å². The highest BCUT2D eigenvalue weighted by Crippen LogP contribution is 2.47. The molecular weight excluding hydrogens is 976 g/mol. The van der Waals surface area contributed by atoms with Crippen LogP contribution in [-0.2, 0) is 38.1 Å². The Morgan fingerprint density at radius 3 is 1.38 bits per heavy atom. The van der Waals surface area contributed by atoms with Crippen molar-refractivity contribution in [2.75, 3.05) is 40.1 Å². The molecule has 2 aliphatic carbocycles. The Morgan fingerprint density at radius 1 is 0.647 bits per heavy atom. The molecule has 0 bridgehead atoms. The first kappa shape index (κ1) is 55.2. The molecule has 2 unspecified atom stereocenters. The molecule has 2 aliphatic heterocycles. The summed E-state index contributed by atoms with van der Waals surface area (Å²) >= 11 is 0. The monoisotopic (exact) mass is 1040 g/mol. The zero-order chi connectivity index (χ0) is 49.3. The zero-order valence-corrected chi connectivity index (χ0v) is 43.7. The van der Waals surface area contributed by atoms with Crippen LogP contribution in [0.5, 0.6) is 0 Å². The van der Waals surface area contributed by atoms with Gasteiger partial charge in [-0.2, -0.15) is 0 Å². The topological polar surface area (TPSA) is 143 Å². The Hall–Kier alpha value is -5.41. The number of halogens is 1. The lowest BCUT2D eigenvalue weighted by Crippen LogP contribution is -3.00. The predicted molar refractivity (Wildman–Crippen MR) is 261 cm³/mol. The number of carbonyl (C=O) groups is 6. The van der Waals surface area contributed by atoms with Gasteiger partial charge in [0.15, 0.2) is 11.6 Å². The average molecular weight is 1050 g/mol. The van der Waals surface area contributed by atoms with Gasteiger partial charge in [0.1, 0.15) is 30.1 Å². The van der Waals surface area contributed by atoms with Crippen molar-refractivity contribution in [3.05, 3.63) is 131 Å². The highest BCUT2D eigenvalue weighted by Gasteiger charge is 2.56. The van der Waals surface area contributed by atoms with E-state index >= 15 is 0 Å². The Kier molecular flexibility index (Phi) is 19.3. The summed E-state index contributed by atoms with van der Waals surface area (Å²) in [6, 6.07) is 14.4. The molecular formula is C55H69IN2O10. The molecule has 13 heteroatoms. The first-order valence-corrected chi connectivity index (χ1v) is 23.1. The van der Waals surface area contributed by atoms with Gasteiger partial charge < -0.3 is 47.8 Å². The van der Waals surface area contributed by atoms with Crippen LogP contribution in [0.1, 0.15) is 114 Å². The molecule has 0 radical (unpaired) electrons. The first-order valence-electron chi connectivity index (χ1n) is 23.1. The maximum Gasteiger partial charge on any atom is 0.338 e. The maximum absolute atomic E-state index is 13.0. The van der Waals surface area contributed by atoms with E-state index < -0.39 is 59.1 Å². The van der Waals surface area contributed by atoms with Crippen molar-refractivity contribution in [3.8, 4) is 0 Å². The molecule has 2 spiro atoms. The molecule has 2 heterocycles. The molecule has 366 valence electrons. The molecule has 68 heavy (non-hydrogen) atoms. The Labute approximate surface area is 419 Å². The molecule has 4 aliphatic rings. The van der Waals surface area contributed by atoms with Crippen molar-refractivity contribution in [3.63, 3.8) is 0 Å². The molecule has 2 saturated heterocycles. The Balaban J connectivity index is 0.000000292. The van der Waals surface area contributed by atoms with E-state index in [9.17, 15) is 28.8 Å². The summed E-state index contributed by atoms with van der Waals surface area (Å²) in [5.74, 6) is -2.04. The second-order valence-corrected chi connectivity index (χ2v) is 19.9. The van der Waals surface area contributed by atoms with E-state index in [1.807, 2.05) is 69.3 Å². The minimum Gasteiger partial charge on any atom is -1.00 e. The molecule has 6 atom stereocenters. The van der Waals surface area contributed by atoms with E-state index in [-0.39, 0.29) is 61.2 Å². The van der Waals surface area contributed by atoms with Crippen molar-refractivity contribution >= 4 is 46.8 Å². The van der Waals surface area contributed by atoms with Gasteiger partial charge in [-0.25, -0.2) is 9.59 Å². The number of esters is 4. The molecule has 2 fully saturated rings. The van der Waals surface area contributed by atoms with Crippen LogP contribution >= 0.6 is 0 Å². The van der Waals surface area contributed by atoms with Gasteiger partial charge in [0.05, 0.1) is 55.9 Å². The summed E-state index contributed by atoms with van der Waals surface area (Å²) in [7, 11) is 10.0. The minimum absolute atomic E-state index is 0. The molecule has 0 saturated carbocycles. The molecule has 0 N–H and O–H groups in total. The van der Waals surface area contributed by atoms with Gasteiger partial charge in [-0.1, -0.05) is 34.4 Å². The van der Waals surface area contributed by atoms with Gasteiger partial charge in [-0.05, 0) is 152 Å². The highest BCUT2D eigenvalue weighted by molar-refractivity contribution is 6.01. The summed E-state index contributed by atoms with van der Waals surface area (Å²) in [5, 5.41) is 0. The number of carbonyl (C=O) groups excluding carboxylic acids is 6. The van der Waals surface area contributed by atoms with Crippen LogP contribution in [0.2, 0.25) is 0 Å². The number of quaternary nitrogens is 1. The maximum atomic E-state index is 13.0. The van der Waals surface area contributed by atoms with Crippen LogP contribution in [0.4, 0.5) is 11.4 Å². The van der Waals surface area contributed by atoms with E-state index in [1.54, 1.807) is 36.4 Å². The minimum atomic E-state index is -1.04. The fourth-order valence-corrected chi connectivity index (χ4v) is 8.68. The fraction of sp³-hybridized carbons (Fsp3) is 0.455. The number of hydrogen-bond acceptors (Lipinski definition) is 11. The standard InChI is InChI=1S/C28H36NO5.C27H33NO5.HI/c1-19(2)8-7-9-20(3)16-25-28(18-26(31)34-25)17-23(14-15-24(28)30)33-27(32)21-10-12-22(13-11-21)29(4,5)6;1-18(2)7-6-8-19(3)15-24-27(17-25(30)33-24)16-22(13-14-23(27)29)32-26(31)20-9-11-21(12-10-20)28(4)5;/h8,10-16,23,25H,7,9,17-18H2,1-6H3;7,9-15,22,24H,6,8,16-17H2,1-5H3;1H/q+1;;/p-1/b20-16+;19-15+;/t23-,25-,28?;22-,24-,27?;/m11./s1. The summed E-state index contributed by atoms with van der Waals surface area (Å²) in [4.78, 5) is 77.9. The van der Waals surface area contributed by atoms with Crippen LogP contribution in [0.25, 0.3) is 0 Å². The summed E-state index contributed by atoms with van der Waals surface area (Å²) in [5.41, 5.74) is 5.46. The van der Waals surface area contributed by atoms with Gasteiger partial charge in [-0.15, -0.1) is 0 Å². The smallest absolute Gasteiger partial charge is 0.338 e. The lowest BCUT2D eigenvalue weighted by Gasteiger charge is -2.34. The average Bonchev–Trinajstić information content (AvgIpc) is 3.73. The van der Waals surface area contributed by atoms with Gasteiger partial charge in [0.2, 0.25) is 0 Å². The third-order valence-corrected chi connectivity index (χ3v) is 12.6. The third-order valence-electron chi connectivity index (χ3n) is 12.6. The second-order valence-electron chi connectivity index (χ2n) is 19.9. The largest absolute Gasteiger partial charge is 1.00 e. The number of benzene rings is 2. The summed E-state index contributed by atoms with van der Waals surface area (Å²) < 4.78 is 23.2. The molecule has 2 aromatic rings. The highest BCUT2D eigenvalue weighted by atomic mass is 127. The van der Waals surface area contributed by atoms with Gasteiger partial charge in [-0.3, -0.25) is 23.7 Å². The number of anilines is 1. The number of rotatable bonds is 14. The van der Waals surface area contributed by atoms with Crippen LogP contribution in [0.3, 0.4) is 0 Å². The van der Waals surface area contributed by atoms with Gasteiger partial charge in [0, 0.05) is 32.6 Å². The number of allylic oxidation sites excluding steroid dienone is 8. The Morgan fingerprint density at radius 2 is 1.03 bits per heavy atom. The summed E-state index contributed by atoms with van der Waals surface area (Å²) in [6.07, 6.45) is 15.5. The van der Waals surface area contributed by atoms with E-state index in [0.29, 0.717) is 15.6 Å². The molecule has 2 aromatic carbocycles. The Bertz CT molecular complexity index is 2380. The van der Waals surface area contributed by atoms with Crippen molar-refractivity contribution in [1.82, 2.24) is 4.48 Å². The van der Waals surface area contributed by atoms with E-state index in [2.05, 4.69) is 61.0 Å². The molecule has 0 amide bonds. The van der Waals surface area contributed by atoms with Gasteiger partial charge in [0.25, 0.3) is 0 Å². The number of ether oxygens (including phenoxy) is 4.